The Balaban J connectivity index is 1.21. The minimum Gasteiger partial charge on any atom is -0.459 e. The number of thiazole rings is 2. The van der Waals surface area contributed by atoms with Crippen molar-refractivity contribution in [3.63, 3.8) is 0 Å². The van der Waals surface area contributed by atoms with Gasteiger partial charge in [-0.2, -0.15) is 0 Å². The van der Waals surface area contributed by atoms with E-state index < -0.39 is 0 Å². The van der Waals surface area contributed by atoms with Crippen molar-refractivity contribution in [3.05, 3.63) is 44.5 Å². The molecule has 0 aromatic carbocycles. The molecule has 0 bridgehead atoms. The van der Waals surface area contributed by atoms with Gasteiger partial charge in [-0.3, -0.25) is 4.79 Å². The monoisotopic (exact) mass is 401 g/mol. The number of carbonyl (C=O) groups excluding carboxylic acids is 1. The first-order valence-corrected chi connectivity index (χ1v) is 11.1. The number of nitrogens with one attached hydrogen (secondary N) is 1. The predicted octanol–water partition coefficient (Wildman–Crippen LogP) is 4.34. The Morgan fingerprint density at radius 1 is 1.26 bits per heavy atom. The number of rotatable bonds is 7. The van der Waals surface area contributed by atoms with E-state index in [1.807, 2.05) is 35.8 Å². The van der Waals surface area contributed by atoms with Gasteiger partial charge in [0.25, 0.3) is 0 Å². The van der Waals surface area contributed by atoms with E-state index in [1.54, 1.807) is 0 Å². The first-order valence-electron chi connectivity index (χ1n) is 9.43. The average molecular weight is 402 g/mol. The molecule has 1 N–H and O–H groups in total. The Labute approximate surface area is 166 Å². The van der Waals surface area contributed by atoms with Gasteiger partial charge in [-0.05, 0) is 51.2 Å². The van der Waals surface area contributed by atoms with Crippen LogP contribution in [0.15, 0.2) is 21.9 Å². The second-order valence-corrected chi connectivity index (χ2v) is 8.90. The molecule has 1 aliphatic rings. The molecule has 0 radical (unpaired) electrons. The van der Waals surface area contributed by atoms with Crippen LogP contribution >= 0.6 is 22.7 Å². The van der Waals surface area contributed by atoms with Crippen LogP contribution < -0.4 is 5.32 Å². The number of carbonyl (C=O) groups is 1. The number of amides is 1. The van der Waals surface area contributed by atoms with Crippen molar-refractivity contribution in [2.45, 2.75) is 51.9 Å². The van der Waals surface area contributed by atoms with E-state index in [2.05, 4.69) is 10.3 Å². The molecular formula is C20H23N3O2S2. The molecule has 5 nitrogen and oxygen atoms in total. The van der Waals surface area contributed by atoms with Crippen LogP contribution in [0.4, 0.5) is 0 Å². The topological polar surface area (TPSA) is 68.0 Å². The summed E-state index contributed by atoms with van der Waals surface area (Å²) in [6.07, 6.45) is 7.06. The van der Waals surface area contributed by atoms with Crippen LogP contribution in [-0.4, -0.2) is 22.4 Å². The first-order chi connectivity index (χ1) is 13.2. The predicted molar refractivity (Wildman–Crippen MR) is 108 cm³/mol. The zero-order chi connectivity index (χ0) is 18.6. The quantitative estimate of drug-likeness (QED) is 0.598. The molecule has 0 saturated carbocycles. The summed E-state index contributed by atoms with van der Waals surface area (Å²) in [6, 6.07) is 3.83. The normalized spacial score (nSPS) is 13.5. The highest BCUT2D eigenvalue weighted by atomic mass is 32.1. The van der Waals surface area contributed by atoms with Gasteiger partial charge in [0.2, 0.25) is 5.91 Å². The molecule has 0 spiro atoms. The molecule has 3 aromatic rings. The molecule has 3 aromatic heterocycles. The van der Waals surface area contributed by atoms with Gasteiger partial charge in [0, 0.05) is 23.2 Å². The molecule has 0 saturated heterocycles. The van der Waals surface area contributed by atoms with Crippen LogP contribution in [0.2, 0.25) is 0 Å². The minimum atomic E-state index is 0.0147. The molecule has 1 amide bonds. The largest absolute Gasteiger partial charge is 0.459 e. The molecule has 3 heterocycles. The van der Waals surface area contributed by atoms with Gasteiger partial charge in [0.15, 0.2) is 10.8 Å². The van der Waals surface area contributed by atoms with Crippen molar-refractivity contribution >= 4 is 28.6 Å². The first kappa shape index (κ1) is 18.4. The molecule has 142 valence electrons. The fraction of sp³-hybridized carbons (Fsp3) is 0.450. The fourth-order valence-corrected chi connectivity index (χ4v) is 5.24. The van der Waals surface area contributed by atoms with Gasteiger partial charge in [-0.15, -0.1) is 22.7 Å². The van der Waals surface area contributed by atoms with Gasteiger partial charge in [-0.25, -0.2) is 9.97 Å². The number of aromatic nitrogens is 2. The lowest BCUT2D eigenvalue weighted by Crippen LogP contribution is -2.26. The molecule has 0 aliphatic heterocycles. The van der Waals surface area contributed by atoms with E-state index in [4.69, 9.17) is 9.40 Å². The van der Waals surface area contributed by atoms with Crippen molar-refractivity contribution < 1.29 is 9.21 Å². The van der Waals surface area contributed by atoms with Crippen molar-refractivity contribution in [1.29, 1.82) is 0 Å². The summed E-state index contributed by atoms with van der Waals surface area (Å²) in [4.78, 5) is 22.9. The van der Waals surface area contributed by atoms with E-state index in [1.165, 1.54) is 46.2 Å². The maximum atomic E-state index is 12.1. The lowest BCUT2D eigenvalue weighted by atomic mass is 10.0. The number of hydrogen-bond acceptors (Lipinski definition) is 6. The maximum absolute atomic E-state index is 12.1. The Morgan fingerprint density at radius 2 is 2.15 bits per heavy atom. The standard InChI is InChI=1S/C20H23N3O2S2/c1-13-8-9-16(25-13)20-22-14(12-26-20)11-18(24)21-10-4-7-19-23-15-5-2-3-6-17(15)27-19/h8-9,12H,2-7,10-11H2,1H3,(H,21,24). The summed E-state index contributed by atoms with van der Waals surface area (Å²) in [7, 11) is 0. The highest BCUT2D eigenvalue weighted by Gasteiger charge is 2.15. The molecule has 4 rings (SSSR count). The molecule has 0 unspecified atom stereocenters. The molecule has 1 aliphatic carbocycles. The third-order valence-electron chi connectivity index (χ3n) is 4.62. The second kappa shape index (κ2) is 8.35. The summed E-state index contributed by atoms with van der Waals surface area (Å²) in [5.74, 6) is 1.64. The summed E-state index contributed by atoms with van der Waals surface area (Å²) in [5.41, 5.74) is 2.10. The number of furan rings is 1. The van der Waals surface area contributed by atoms with Crippen molar-refractivity contribution in [1.82, 2.24) is 15.3 Å². The van der Waals surface area contributed by atoms with Gasteiger partial charge in [0.05, 0.1) is 22.8 Å². The lowest BCUT2D eigenvalue weighted by Gasteiger charge is -2.06. The summed E-state index contributed by atoms with van der Waals surface area (Å²) >= 11 is 3.36. The Kier molecular flexibility index (Phi) is 5.69. The molecular weight excluding hydrogens is 378 g/mol. The molecule has 7 heteroatoms. The Bertz CT molecular complexity index is 902. The Morgan fingerprint density at radius 3 is 2.96 bits per heavy atom. The van der Waals surface area contributed by atoms with Crippen LogP contribution in [-0.2, 0) is 30.5 Å². The summed E-state index contributed by atoms with van der Waals surface area (Å²) in [5, 5.41) is 6.95. The van der Waals surface area contributed by atoms with Crippen LogP contribution in [0.25, 0.3) is 10.8 Å². The van der Waals surface area contributed by atoms with Crippen LogP contribution in [0.5, 0.6) is 0 Å². The summed E-state index contributed by atoms with van der Waals surface area (Å²) in [6.45, 7) is 2.59. The van der Waals surface area contributed by atoms with Gasteiger partial charge < -0.3 is 9.73 Å². The van der Waals surface area contributed by atoms with E-state index in [0.29, 0.717) is 13.0 Å². The van der Waals surface area contributed by atoms with E-state index in [-0.39, 0.29) is 5.91 Å². The highest BCUT2D eigenvalue weighted by Crippen LogP contribution is 2.27. The number of hydrogen-bond donors (Lipinski definition) is 1. The third kappa shape index (κ3) is 4.65. The van der Waals surface area contributed by atoms with Gasteiger partial charge >= 0.3 is 0 Å². The zero-order valence-corrected chi connectivity index (χ0v) is 17.0. The van der Waals surface area contributed by atoms with Gasteiger partial charge in [0.1, 0.15) is 5.76 Å². The van der Waals surface area contributed by atoms with E-state index in [9.17, 15) is 4.79 Å². The van der Waals surface area contributed by atoms with E-state index in [0.717, 1.165) is 41.5 Å². The van der Waals surface area contributed by atoms with Crippen LogP contribution in [0, 0.1) is 6.92 Å². The number of aryl methyl sites for hydroxylation is 4. The lowest BCUT2D eigenvalue weighted by molar-refractivity contribution is -0.120. The van der Waals surface area contributed by atoms with E-state index >= 15 is 0 Å². The number of nitrogens with zero attached hydrogens (tertiary/aromatic N) is 2. The van der Waals surface area contributed by atoms with Crippen molar-refractivity contribution in [2.24, 2.45) is 0 Å². The third-order valence-corrected chi connectivity index (χ3v) is 6.75. The van der Waals surface area contributed by atoms with Crippen LogP contribution in [0.3, 0.4) is 0 Å². The SMILES string of the molecule is Cc1ccc(-c2nc(CC(=O)NCCCc3nc4c(s3)CCCC4)cs2)o1. The highest BCUT2D eigenvalue weighted by molar-refractivity contribution is 7.13. The van der Waals surface area contributed by atoms with Gasteiger partial charge in [-0.1, -0.05) is 0 Å². The molecule has 0 fully saturated rings. The molecule has 0 atom stereocenters. The second-order valence-electron chi connectivity index (χ2n) is 6.87. The number of fused-ring (bicyclic) bond motifs is 1. The van der Waals surface area contributed by atoms with Crippen molar-refractivity contribution in [2.75, 3.05) is 6.54 Å². The average Bonchev–Trinajstić information content (AvgIpc) is 3.37. The fourth-order valence-electron chi connectivity index (χ4n) is 3.26. The maximum Gasteiger partial charge on any atom is 0.226 e. The smallest absolute Gasteiger partial charge is 0.226 e. The molecule has 27 heavy (non-hydrogen) atoms. The summed E-state index contributed by atoms with van der Waals surface area (Å²) < 4.78 is 5.58. The minimum absolute atomic E-state index is 0.0147. The Hall–Kier alpha value is -1.99. The van der Waals surface area contributed by atoms with Crippen LogP contribution in [0.1, 0.15) is 46.3 Å². The zero-order valence-electron chi connectivity index (χ0n) is 15.4. The van der Waals surface area contributed by atoms with Crippen molar-refractivity contribution in [3.8, 4) is 10.8 Å².